The van der Waals surface area contributed by atoms with Gasteiger partial charge in [-0.25, -0.2) is 31.2 Å². The van der Waals surface area contributed by atoms with Crippen LogP contribution in [0.2, 0.25) is 0 Å². The van der Waals surface area contributed by atoms with Crippen LogP contribution in [0.15, 0.2) is 60.2 Å². The number of para-hydroxylation sites is 1. The molecule has 2 heterocycles. The van der Waals surface area contributed by atoms with Crippen molar-refractivity contribution < 1.29 is 50.6 Å². The van der Waals surface area contributed by atoms with E-state index in [0.29, 0.717) is 0 Å². The van der Waals surface area contributed by atoms with Gasteiger partial charge in [-0.2, -0.15) is 0 Å². The van der Waals surface area contributed by atoms with Crippen molar-refractivity contribution in [3.8, 4) is 5.75 Å². The number of fused-ring (bicyclic) bond motifs is 4. The number of benzene rings is 3. The van der Waals surface area contributed by atoms with E-state index in [0.717, 1.165) is 23.1 Å². The summed E-state index contributed by atoms with van der Waals surface area (Å²) in [6, 6.07) is 10.7. The highest BCUT2D eigenvalue weighted by Crippen LogP contribution is 2.66. The lowest BCUT2D eigenvalue weighted by Crippen LogP contribution is -2.60. The van der Waals surface area contributed by atoms with Crippen molar-refractivity contribution in [3.05, 3.63) is 101 Å². The third-order valence-corrected chi connectivity index (χ3v) is 11.0. The fourth-order valence-corrected chi connectivity index (χ4v) is 8.41. The van der Waals surface area contributed by atoms with E-state index in [-0.39, 0.29) is 28.1 Å². The first-order valence-corrected chi connectivity index (χ1v) is 14.8. The van der Waals surface area contributed by atoms with Crippen LogP contribution in [0.4, 0.5) is 37.7 Å². The summed E-state index contributed by atoms with van der Waals surface area (Å²) in [6.45, 7) is 0. The Morgan fingerprint density at radius 2 is 1.36 bits per heavy atom. The van der Waals surface area contributed by atoms with E-state index >= 15 is 8.78 Å². The van der Waals surface area contributed by atoms with Crippen LogP contribution in [0.1, 0.15) is 24.3 Å². The number of carbonyl (C=O) groups excluding carboxylic acids is 4. The molecule has 7 rings (SSSR count). The normalized spacial score (nSPS) is 30.0. The average Bonchev–Trinajstić information content (AvgIpc) is 3.39. The van der Waals surface area contributed by atoms with E-state index in [9.17, 15) is 41.8 Å². The first kappa shape index (κ1) is 31.3. The van der Waals surface area contributed by atoms with Crippen LogP contribution in [0.5, 0.6) is 5.75 Å². The Balaban J connectivity index is 1.44. The van der Waals surface area contributed by atoms with Gasteiger partial charge in [0.15, 0.2) is 44.6 Å². The van der Waals surface area contributed by atoms with E-state index < -0.39 is 110 Å². The maximum Gasteiger partial charge on any atom is 0.258 e. The quantitative estimate of drug-likeness (QED) is 0.0908. The minimum atomic E-state index is -2.80. The van der Waals surface area contributed by atoms with Gasteiger partial charge < -0.3 is 5.11 Å². The van der Waals surface area contributed by atoms with Crippen LogP contribution in [-0.4, -0.2) is 38.5 Å². The number of alkyl halides is 2. The lowest BCUT2D eigenvalue weighted by molar-refractivity contribution is -0.125. The highest BCUT2D eigenvalue weighted by Gasteiger charge is 2.77. The zero-order valence-corrected chi connectivity index (χ0v) is 24.9. The van der Waals surface area contributed by atoms with Gasteiger partial charge in [0.1, 0.15) is 5.69 Å². The number of hydrogen-bond donors (Lipinski definition) is 1. The number of phenolic OH excluding ortho intramolecular Hbond substituents is 1. The molecule has 1 N–H and O–H groups in total. The van der Waals surface area contributed by atoms with Gasteiger partial charge in [-0.05, 0) is 48.6 Å². The van der Waals surface area contributed by atoms with Gasteiger partial charge in [0.05, 0.1) is 17.5 Å². The van der Waals surface area contributed by atoms with Gasteiger partial charge in [-0.3, -0.25) is 24.1 Å². The number of halogens is 8. The molecule has 3 fully saturated rings. The van der Waals surface area contributed by atoms with Gasteiger partial charge in [-0.1, -0.05) is 35.9 Å². The van der Waals surface area contributed by atoms with Crippen molar-refractivity contribution in [2.45, 2.75) is 28.5 Å². The van der Waals surface area contributed by atoms with Crippen molar-refractivity contribution in [1.29, 1.82) is 0 Å². The molecule has 4 aliphatic rings. The molecular formula is C32H18Cl2F6N2O5. The predicted octanol–water partition coefficient (Wildman–Crippen LogP) is 5.99. The number of rotatable bonds is 3. The predicted molar refractivity (Wildman–Crippen MR) is 153 cm³/mol. The summed E-state index contributed by atoms with van der Waals surface area (Å²) in [4.78, 5) is 51.0. The third-order valence-electron chi connectivity index (χ3n) is 9.54. The van der Waals surface area contributed by atoms with Crippen LogP contribution in [0, 0.1) is 52.7 Å². The van der Waals surface area contributed by atoms with Crippen LogP contribution in [0.3, 0.4) is 0 Å². The Labute approximate surface area is 271 Å². The second-order valence-electron chi connectivity index (χ2n) is 11.8. The van der Waals surface area contributed by atoms with Crippen LogP contribution >= 0.6 is 23.2 Å². The van der Waals surface area contributed by atoms with E-state index in [2.05, 4.69) is 0 Å². The number of imide groups is 2. The zero-order chi connectivity index (χ0) is 33.9. The largest absolute Gasteiger partial charge is 0.505 e. The Kier molecular flexibility index (Phi) is 6.86. The number of aromatic hydroxyl groups is 1. The summed E-state index contributed by atoms with van der Waals surface area (Å²) < 4.78 is 87.5. The number of carbonyl (C=O) groups is 4. The topological polar surface area (TPSA) is 95.0 Å². The molecular weight excluding hydrogens is 677 g/mol. The Bertz CT molecular complexity index is 1970. The zero-order valence-electron chi connectivity index (χ0n) is 23.4. The van der Waals surface area contributed by atoms with E-state index in [1.165, 1.54) is 18.2 Å². The number of nitrogens with zero attached hydrogens (tertiary/aromatic N) is 2. The Morgan fingerprint density at radius 3 is 1.98 bits per heavy atom. The molecule has 2 aliphatic carbocycles. The molecule has 6 atom stereocenters. The molecule has 0 spiro atoms. The molecule has 0 radical (unpaired) electrons. The van der Waals surface area contributed by atoms with E-state index in [1.54, 1.807) is 18.2 Å². The molecule has 0 bridgehead atoms. The fraction of sp³-hybridized carbons (Fsp3) is 0.250. The first-order valence-electron chi connectivity index (χ1n) is 14.1. The van der Waals surface area contributed by atoms with Crippen molar-refractivity contribution in [1.82, 2.24) is 0 Å². The fourth-order valence-electron chi connectivity index (χ4n) is 7.47. The van der Waals surface area contributed by atoms with Crippen LogP contribution < -0.4 is 9.80 Å². The second kappa shape index (κ2) is 10.3. The maximum absolute atomic E-state index is 15.1. The van der Waals surface area contributed by atoms with Crippen molar-refractivity contribution in [2.75, 3.05) is 9.80 Å². The smallest absolute Gasteiger partial charge is 0.258 e. The molecule has 47 heavy (non-hydrogen) atoms. The number of amides is 4. The minimum absolute atomic E-state index is 0.0762. The molecule has 1 saturated carbocycles. The maximum atomic E-state index is 15.1. The SMILES string of the molecule is O=C1C2CC=C3C(CC4(Cl)C(=O)N(c5c(F)c(F)c(F)c(F)c5F)C(=O)C4(Cl)C3c3ccc(O)c(F)c3)C2C(=O)N1c1ccccc1. The van der Waals surface area contributed by atoms with Gasteiger partial charge in [-0.15, -0.1) is 23.2 Å². The minimum Gasteiger partial charge on any atom is -0.505 e. The molecule has 3 aromatic rings. The molecule has 4 amide bonds. The summed E-state index contributed by atoms with van der Waals surface area (Å²) in [5.74, 6) is -24.1. The second-order valence-corrected chi connectivity index (χ2v) is 13.0. The molecule has 15 heteroatoms. The third kappa shape index (κ3) is 3.89. The number of hydrogen-bond acceptors (Lipinski definition) is 5. The average molecular weight is 695 g/mol. The van der Waals surface area contributed by atoms with Crippen molar-refractivity contribution >= 4 is 58.2 Å². The van der Waals surface area contributed by atoms with Crippen LogP contribution in [-0.2, 0) is 19.2 Å². The van der Waals surface area contributed by atoms with Gasteiger partial charge in [0.2, 0.25) is 17.6 Å². The van der Waals surface area contributed by atoms with Gasteiger partial charge in [0.25, 0.3) is 11.8 Å². The van der Waals surface area contributed by atoms with Gasteiger partial charge >= 0.3 is 0 Å². The lowest BCUT2D eigenvalue weighted by Gasteiger charge is -2.50. The van der Waals surface area contributed by atoms with Crippen molar-refractivity contribution in [2.24, 2.45) is 17.8 Å². The standard InChI is InChI=1S/C32H18Cl2F6N2O5/c33-31-11-16-14(7-8-15-19(16)28(45)41(27(15)44)13-4-2-1-3-5-13)20(12-6-9-18(43)17(35)10-12)32(31,34)30(47)42(29(31)46)26-24(39)22(37)21(36)23(38)25(26)40/h1-7,9-10,15-16,19-20,43H,8,11H2. The summed E-state index contributed by atoms with van der Waals surface area (Å²) in [5.41, 5.74) is -1.69. The monoisotopic (exact) mass is 694 g/mol. The Morgan fingerprint density at radius 1 is 0.745 bits per heavy atom. The van der Waals surface area contributed by atoms with Crippen molar-refractivity contribution in [3.63, 3.8) is 0 Å². The van der Waals surface area contributed by atoms with Crippen LogP contribution in [0.25, 0.3) is 0 Å². The number of phenols is 1. The molecule has 2 aliphatic heterocycles. The number of anilines is 2. The first-order chi connectivity index (χ1) is 22.2. The summed E-state index contributed by atoms with van der Waals surface area (Å²) >= 11 is 14.0. The lowest BCUT2D eigenvalue weighted by atomic mass is 9.56. The Hall–Kier alpha value is -4.36. The highest BCUT2D eigenvalue weighted by molar-refractivity contribution is 6.58. The van der Waals surface area contributed by atoms with E-state index in [1.807, 2.05) is 0 Å². The summed E-state index contributed by atoms with van der Waals surface area (Å²) in [7, 11) is 0. The molecule has 2 saturated heterocycles. The molecule has 242 valence electrons. The highest BCUT2D eigenvalue weighted by atomic mass is 35.5. The molecule has 3 aromatic carbocycles. The summed E-state index contributed by atoms with van der Waals surface area (Å²) in [6.07, 6.45) is 0.716. The van der Waals surface area contributed by atoms with Gasteiger partial charge in [0, 0.05) is 5.92 Å². The molecule has 7 nitrogen and oxygen atoms in total. The summed E-state index contributed by atoms with van der Waals surface area (Å²) in [5, 5.41) is 9.87. The van der Waals surface area contributed by atoms with E-state index in [4.69, 9.17) is 23.2 Å². The molecule has 6 unspecified atom stereocenters. The molecule has 0 aromatic heterocycles. The number of allylic oxidation sites excluding steroid dienone is 2.